The number of fused-ring (bicyclic) bond motifs is 1. The second-order valence-corrected chi connectivity index (χ2v) is 5.03. The van der Waals surface area contributed by atoms with Gasteiger partial charge in [-0.1, -0.05) is 22.6 Å². The zero-order chi connectivity index (χ0) is 12.4. The number of thiazole rings is 1. The van der Waals surface area contributed by atoms with Crippen molar-refractivity contribution in [3.8, 4) is 0 Å². The second-order valence-electron chi connectivity index (χ2n) is 4.00. The molecule has 0 aliphatic carbocycles. The highest BCUT2D eigenvalue weighted by atomic mass is 32.1. The quantitative estimate of drug-likeness (QED) is 0.781. The molecule has 0 spiro atoms. The summed E-state index contributed by atoms with van der Waals surface area (Å²) in [6, 6.07) is 6.27. The Balaban J connectivity index is 1.67. The van der Waals surface area contributed by atoms with Gasteiger partial charge in [-0.05, 0) is 24.6 Å². The lowest BCUT2D eigenvalue weighted by Gasteiger charge is -1.97. The Labute approximate surface area is 108 Å². The summed E-state index contributed by atoms with van der Waals surface area (Å²) in [6.45, 7) is 2.82. The Kier molecular flexibility index (Phi) is 2.93. The maximum atomic E-state index is 4.93. The van der Waals surface area contributed by atoms with E-state index < -0.39 is 0 Å². The van der Waals surface area contributed by atoms with Gasteiger partial charge in [-0.15, -0.1) is 0 Å². The van der Waals surface area contributed by atoms with E-state index in [1.165, 1.54) is 16.6 Å². The number of aromatic nitrogens is 3. The summed E-state index contributed by atoms with van der Waals surface area (Å²) in [6.07, 6.45) is 2.12. The maximum absolute atomic E-state index is 4.93. The summed E-state index contributed by atoms with van der Waals surface area (Å²) in [7, 11) is 0. The van der Waals surface area contributed by atoms with Crippen LogP contribution in [0.3, 0.4) is 0 Å². The van der Waals surface area contributed by atoms with Crippen molar-refractivity contribution in [1.82, 2.24) is 15.1 Å². The van der Waals surface area contributed by atoms with E-state index in [9.17, 15) is 0 Å². The van der Waals surface area contributed by atoms with Crippen LogP contribution < -0.4 is 5.32 Å². The zero-order valence-electron chi connectivity index (χ0n) is 9.88. The SMILES string of the molecule is Cc1ccc2nc(NCCc3ncno3)sc2c1. The van der Waals surface area contributed by atoms with E-state index in [4.69, 9.17) is 4.52 Å². The third kappa shape index (κ3) is 2.33. The van der Waals surface area contributed by atoms with Crippen molar-refractivity contribution in [3.63, 3.8) is 0 Å². The Morgan fingerprint density at radius 1 is 1.39 bits per heavy atom. The standard InChI is InChI=1S/C12H12N4OS/c1-8-2-3-9-10(6-8)18-12(16-9)13-5-4-11-14-7-15-17-11/h2-3,6-7H,4-5H2,1H3,(H,13,16). The van der Waals surface area contributed by atoms with Gasteiger partial charge in [-0.2, -0.15) is 4.98 Å². The van der Waals surface area contributed by atoms with E-state index in [0.29, 0.717) is 12.3 Å². The Hall–Kier alpha value is -1.95. The van der Waals surface area contributed by atoms with E-state index in [2.05, 4.69) is 39.5 Å². The second kappa shape index (κ2) is 4.73. The molecule has 0 radical (unpaired) electrons. The molecule has 3 aromatic rings. The van der Waals surface area contributed by atoms with Crippen molar-refractivity contribution in [2.45, 2.75) is 13.3 Å². The summed E-state index contributed by atoms with van der Waals surface area (Å²) >= 11 is 1.66. The fourth-order valence-electron chi connectivity index (χ4n) is 1.69. The smallest absolute Gasteiger partial charge is 0.228 e. The van der Waals surface area contributed by atoms with Crippen molar-refractivity contribution in [2.24, 2.45) is 0 Å². The van der Waals surface area contributed by atoms with Gasteiger partial charge in [0.1, 0.15) is 0 Å². The molecular weight excluding hydrogens is 248 g/mol. The highest BCUT2D eigenvalue weighted by Crippen LogP contribution is 2.26. The van der Waals surface area contributed by atoms with Crippen LogP contribution in [0, 0.1) is 6.92 Å². The molecule has 0 aliphatic rings. The van der Waals surface area contributed by atoms with E-state index in [1.54, 1.807) is 11.3 Å². The molecule has 18 heavy (non-hydrogen) atoms. The average molecular weight is 260 g/mol. The molecule has 0 aliphatic heterocycles. The third-order valence-electron chi connectivity index (χ3n) is 2.57. The molecule has 1 N–H and O–H groups in total. The minimum absolute atomic E-state index is 0.638. The van der Waals surface area contributed by atoms with Crippen molar-refractivity contribution in [2.75, 3.05) is 11.9 Å². The monoisotopic (exact) mass is 260 g/mol. The van der Waals surface area contributed by atoms with Crippen molar-refractivity contribution >= 4 is 26.7 Å². The predicted octanol–water partition coefficient (Wildman–Crippen LogP) is 2.64. The minimum atomic E-state index is 0.638. The lowest BCUT2D eigenvalue weighted by atomic mass is 10.2. The molecule has 3 rings (SSSR count). The van der Waals surface area contributed by atoms with Gasteiger partial charge in [0.05, 0.1) is 10.2 Å². The van der Waals surface area contributed by atoms with Crippen LogP contribution in [0.5, 0.6) is 0 Å². The third-order valence-corrected chi connectivity index (χ3v) is 3.54. The molecule has 5 nitrogen and oxygen atoms in total. The van der Waals surface area contributed by atoms with E-state index >= 15 is 0 Å². The number of aryl methyl sites for hydroxylation is 1. The number of anilines is 1. The lowest BCUT2D eigenvalue weighted by Crippen LogP contribution is -2.04. The highest BCUT2D eigenvalue weighted by molar-refractivity contribution is 7.22. The summed E-state index contributed by atoms with van der Waals surface area (Å²) in [5, 5.41) is 7.76. The summed E-state index contributed by atoms with van der Waals surface area (Å²) in [5.41, 5.74) is 2.29. The maximum Gasteiger partial charge on any atom is 0.228 e. The molecule has 2 aromatic heterocycles. The molecule has 0 fully saturated rings. The zero-order valence-corrected chi connectivity index (χ0v) is 10.7. The average Bonchev–Trinajstić information content (AvgIpc) is 2.97. The molecule has 0 amide bonds. The van der Waals surface area contributed by atoms with Crippen LogP contribution in [0.4, 0.5) is 5.13 Å². The lowest BCUT2D eigenvalue weighted by molar-refractivity contribution is 0.380. The van der Waals surface area contributed by atoms with E-state index in [0.717, 1.165) is 17.2 Å². The first-order valence-electron chi connectivity index (χ1n) is 5.68. The van der Waals surface area contributed by atoms with Crippen LogP contribution in [0.1, 0.15) is 11.5 Å². The fourth-order valence-corrected chi connectivity index (χ4v) is 2.68. The molecule has 92 valence electrons. The van der Waals surface area contributed by atoms with E-state index in [1.807, 2.05) is 6.07 Å². The van der Waals surface area contributed by atoms with Gasteiger partial charge < -0.3 is 9.84 Å². The largest absolute Gasteiger partial charge is 0.361 e. The number of rotatable bonds is 4. The van der Waals surface area contributed by atoms with Gasteiger partial charge in [0.2, 0.25) is 5.89 Å². The van der Waals surface area contributed by atoms with Gasteiger partial charge in [-0.25, -0.2) is 4.98 Å². The van der Waals surface area contributed by atoms with Gasteiger partial charge in [0, 0.05) is 13.0 Å². The summed E-state index contributed by atoms with van der Waals surface area (Å²) in [4.78, 5) is 8.48. The first kappa shape index (κ1) is 11.2. The molecule has 2 heterocycles. The minimum Gasteiger partial charge on any atom is -0.361 e. The van der Waals surface area contributed by atoms with Gasteiger partial charge in [0.25, 0.3) is 0 Å². The van der Waals surface area contributed by atoms with E-state index in [-0.39, 0.29) is 0 Å². The molecule has 6 heteroatoms. The van der Waals surface area contributed by atoms with Gasteiger partial charge in [-0.3, -0.25) is 0 Å². The van der Waals surface area contributed by atoms with Crippen LogP contribution in [0.25, 0.3) is 10.2 Å². The molecule has 0 atom stereocenters. The number of hydrogen-bond donors (Lipinski definition) is 1. The Morgan fingerprint density at radius 3 is 3.17 bits per heavy atom. The predicted molar refractivity (Wildman–Crippen MR) is 70.8 cm³/mol. The van der Waals surface area contributed by atoms with Crippen molar-refractivity contribution in [3.05, 3.63) is 36.0 Å². The number of nitrogens with zero attached hydrogens (tertiary/aromatic N) is 3. The Morgan fingerprint density at radius 2 is 2.33 bits per heavy atom. The molecule has 1 aromatic carbocycles. The molecule has 0 saturated carbocycles. The highest BCUT2D eigenvalue weighted by Gasteiger charge is 2.04. The van der Waals surface area contributed by atoms with Gasteiger partial charge in [0.15, 0.2) is 11.5 Å². The van der Waals surface area contributed by atoms with Crippen LogP contribution in [-0.2, 0) is 6.42 Å². The summed E-state index contributed by atoms with van der Waals surface area (Å²) < 4.78 is 6.13. The summed E-state index contributed by atoms with van der Waals surface area (Å²) in [5.74, 6) is 0.638. The normalized spacial score (nSPS) is 10.9. The van der Waals surface area contributed by atoms with Gasteiger partial charge >= 0.3 is 0 Å². The van der Waals surface area contributed by atoms with Crippen molar-refractivity contribution in [1.29, 1.82) is 0 Å². The Bertz CT molecular complexity index is 647. The number of nitrogens with one attached hydrogen (secondary N) is 1. The molecular formula is C12H12N4OS. The fraction of sp³-hybridized carbons (Fsp3) is 0.250. The molecule has 0 unspecified atom stereocenters. The molecule has 0 saturated heterocycles. The number of benzene rings is 1. The van der Waals surface area contributed by atoms with Crippen LogP contribution in [0.15, 0.2) is 29.0 Å². The topological polar surface area (TPSA) is 63.8 Å². The van der Waals surface area contributed by atoms with Crippen LogP contribution >= 0.6 is 11.3 Å². The first-order valence-corrected chi connectivity index (χ1v) is 6.49. The number of hydrogen-bond acceptors (Lipinski definition) is 6. The molecule has 0 bridgehead atoms. The van der Waals surface area contributed by atoms with Crippen molar-refractivity contribution < 1.29 is 4.52 Å². The first-order chi connectivity index (χ1) is 8.81. The van der Waals surface area contributed by atoms with Crippen LogP contribution in [-0.4, -0.2) is 21.7 Å². The van der Waals surface area contributed by atoms with Crippen LogP contribution in [0.2, 0.25) is 0 Å².